The van der Waals surface area contributed by atoms with Gasteiger partial charge in [0.2, 0.25) is 0 Å². The third-order valence-electron chi connectivity index (χ3n) is 5.45. The molecule has 0 saturated carbocycles. The van der Waals surface area contributed by atoms with E-state index in [0.717, 1.165) is 17.1 Å². The van der Waals surface area contributed by atoms with E-state index in [1.807, 2.05) is 65.7 Å². The highest BCUT2D eigenvalue weighted by molar-refractivity contribution is 7.80. The second-order valence-electron chi connectivity index (χ2n) is 7.30. The molecule has 2 aromatic heterocycles. The average Bonchev–Trinajstić information content (AvgIpc) is 3.40. The van der Waals surface area contributed by atoms with E-state index in [1.165, 1.54) is 0 Å². The fourth-order valence-corrected chi connectivity index (χ4v) is 4.41. The van der Waals surface area contributed by atoms with Crippen LogP contribution in [0.15, 0.2) is 91.3 Å². The number of pyridine rings is 1. The summed E-state index contributed by atoms with van der Waals surface area (Å²) >= 11 is 5.72. The third kappa shape index (κ3) is 3.39. The monoisotopic (exact) mass is 428 g/mol. The summed E-state index contributed by atoms with van der Waals surface area (Å²) in [6, 6.07) is 23.5. The first kappa shape index (κ1) is 19.1. The number of benzene rings is 2. The summed E-state index contributed by atoms with van der Waals surface area (Å²) in [4.78, 5) is 6.51. The minimum absolute atomic E-state index is 0.154. The molecule has 0 bridgehead atoms. The lowest BCUT2D eigenvalue weighted by molar-refractivity contribution is 0.471. The molecule has 1 fully saturated rings. The highest BCUT2D eigenvalue weighted by Crippen LogP contribution is 2.44. The van der Waals surface area contributed by atoms with Crippen molar-refractivity contribution in [2.24, 2.45) is 0 Å². The Hall–Kier alpha value is -3.84. The molecule has 4 aromatic rings. The van der Waals surface area contributed by atoms with E-state index in [9.17, 15) is 10.2 Å². The third-order valence-corrected chi connectivity index (χ3v) is 5.77. The van der Waals surface area contributed by atoms with Crippen molar-refractivity contribution in [3.05, 3.63) is 103 Å². The molecule has 5 rings (SSSR count). The van der Waals surface area contributed by atoms with Crippen LogP contribution >= 0.6 is 12.2 Å². The molecule has 1 saturated heterocycles. The lowest BCUT2D eigenvalue weighted by Crippen LogP contribution is -2.30. The van der Waals surface area contributed by atoms with Crippen LogP contribution < -0.4 is 10.2 Å². The van der Waals surface area contributed by atoms with Crippen LogP contribution in [-0.2, 0) is 0 Å². The van der Waals surface area contributed by atoms with Gasteiger partial charge in [-0.15, -0.1) is 0 Å². The minimum atomic E-state index is -0.264. The fraction of sp³-hybridized carbons (Fsp3) is 0.0833. The smallest absolute Gasteiger partial charge is 0.174 e. The van der Waals surface area contributed by atoms with Crippen molar-refractivity contribution < 1.29 is 10.2 Å². The van der Waals surface area contributed by atoms with Crippen LogP contribution in [0.3, 0.4) is 0 Å². The van der Waals surface area contributed by atoms with Crippen molar-refractivity contribution in [1.29, 1.82) is 0 Å². The number of anilines is 1. The Labute approximate surface area is 185 Å². The van der Waals surface area contributed by atoms with E-state index in [0.29, 0.717) is 10.8 Å². The first-order valence-electron chi connectivity index (χ1n) is 9.89. The maximum absolute atomic E-state index is 10.6. The quantitative estimate of drug-likeness (QED) is 0.417. The molecule has 0 amide bonds. The molecule has 154 valence electrons. The number of thiocarbonyl (C=S) groups is 1. The number of phenols is 2. The van der Waals surface area contributed by atoms with Gasteiger partial charge in [-0.1, -0.05) is 18.2 Å². The summed E-state index contributed by atoms with van der Waals surface area (Å²) in [7, 11) is 0. The SMILES string of the molecule is Oc1ccc(-n2cccc2[C@@H]2[C@H](c3ccccn3)NC(=S)N2c2ccccc2O)cc1. The predicted octanol–water partition coefficient (Wildman–Crippen LogP) is 4.46. The molecule has 3 N–H and O–H groups in total. The summed E-state index contributed by atoms with van der Waals surface area (Å²) in [6.45, 7) is 0. The lowest BCUT2D eigenvalue weighted by Gasteiger charge is -2.29. The maximum atomic E-state index is 10.6. The van der Waals surface area contributed by atoms with Crippen LogP contribution in [0.5, 0.6) is 11.5 Å². The highest BCUT2D eigenvalue weighted by atomic mass is 32.1. The Bertz CT molecular complexity index is 1220. The van der Waals surface area contributed by atoms with E-state index in [4.69, 9.17) is 12.2 Å². The van der Waals surface area contributed by atoms with Crippen molar-refractivity contribution in [1.82, 2.24) is 14.9 Å². The molecule has 7 heteroatoms. The zero-order chi connectivity index (χ0) is 21.4. The topological polar surface area (TPSA) is 73.5 Å². The van der Waals surface area contributed by atoms with E-state index in [1.54, 1.807) is 30.5 Å². The van der Waals surface area contributed by atoms with Gasteiger partial charge < -0.3 is 25.0 Å². The van der Waals surface area contributed by atoms with Crippen LogP contribution in [0.2, 0.25) is 0 Å². The van der Waals surface area contributed by atoms with Gasteiger partial charge in [-0.3, -0.25) is 4.98 Å². The molecule has 1 aliphatic rings. The molecule has 0 radical (unpaired) electrons. The first-order valence-corrected chi connectivity index (χ1v) is 10.3. The number of nitrogens with zero attached hydrogens (tertiary/aromatic N) is 3. The minimum Gasteiger partial charge on any atom is -0.508 e. The van der Waals surface area contributed by atoms with Gasteiger partial charge in [-0.25, -0.2) is 0 Å². The zero-order valence-electron chi connectivity index (χ0n) is 16.5. The average molecular weight is 429 g/mol. The summed E-state index contributed by atoms with van der Waals surface area (Å²) in [6.07, 6.45) is 3.74. The van der Waals surface area contributed by atoms with Crippen molar-refractivity contribution in [3.63, 3.8) is 0 Å². The number of aromatic hydroxyl groups is 2. The maximum Gasteiger partial charge on any atom is 0.174 e. The molecule has 1 aliphatic heterocycles. The standard InChI is InChI=1S/C24H20N4O2S/c29-17-12-10-16(11-13-17)27-15-5-8-20(27)23-22(18-6-3-4-14-25-18)26-24(31)28(23)19-7-1-2-9-21(19)30/h1-15,22-23,29-30H,(H,26,31)/t22-,23+/m0/s1. The van der Waals surface area contributed by atoms with Gasteiger partial charge in [0.25, 0.3) is 0 Å². The lowest BCUT2D eigenvalue weighted by atomic mass is 10.0. The molecular weight excluding hydrogens is 408 g/mol. The molecule has 2 atom stereocenters. The van der Waals surface area contributed by atoms with Gasteiger partial charge in [0.15, 0.2) is 5.11 Å². The van der Waals surface area contributed by atoms with Gasteiger partial charge in [0.1, 0.15) is 17.5 Å². The summed E-state index contributed by atoms with van der Waals surface area (Å²) < 4.78 is 2.06. The van der Waals surface area contributed by atoms with E-state index in [-0.39, 0.29) is 23.6 Å². The number of aromatic nitrogens is 2. The number of para-hydroxylation sites is 2. The number of nitrogens with one attached hydrogen (secondary N) is 1. The Balaban J connectivity index is 1.68. The molecule has 0 spiro atoms. The summed E-state index contributed by atoms with van der Waals surface area (Å²) in [5, 5.41) is 24.2. The predicted molar refractivity (Wildman–Crippen MR) is 123 cm³/mol. The first-order chi connectivity index (χ1) is 15.1. The van der Waals surface area contributed by atoms with Crippen molar-refractivity contribution in [3.8, 4) is 17.2 Å². The number of hydrogen-bond donors (Lipinski definition) is 3. The molecule has 2 aromatic carbocycles. The second-order valence-corrected chi connectivity index (χ2v) is 7.69. The van der Waals surface area contributed by atoms with Crippen molar-refractivity contribution in [2.45, 2.75) is 12.1 Å². The van der Waals surface area contributed by atoms with Crippen LogP contribution in [-0.4, -0.2) is 24.9 Å². The zero-order valence-corrected chi connectivity index (χ0v) is 17.3. The summed E-state index contributed by atoms with van der Waals surface area (Å²) in [5.41, 5.74) is 3.36. The molecule has 31 heavy (non-hydrogen) atoms. The molecule has 0 unspecified atom stereocenters. The Morgan fingerprint density at radius 3 is 2.39 bits per heavy atom. The van der Waals surface area contributed by atoms with Gasteiger partial charge in [-0.05, 0) is 72.9 Å². The molecule has 3 heterocycles. The second kappa shape index (κ2) is 7.77. The van der Waals surface area contributed by atoms with Crippen LogP contribution in [0.25, 0.3) is 5.69 Å². The number of hydrogen-bond acceptors (Lipinski definition) is 4. The van der Waals surface area contributed by atoms with Gasteiger partial charge in [0.05, 0.1) is 17.4 Å². The highest BCUT2D eigenvalue weighted by Gasteiger charge is 2.42. The van der Waals surface area contributed by atoms with Gasteiger partial charge >= 0.3 is 0 Å². The van der Waals surface area contributed by atoms with E-state index < -0.39 is 0 Å². The van der Waals surface area contributed by atoms with Crippen LogP contribution in [0.4, 0.5) is 5.69 Å². The molecular formula is C24H20N4O2S. The Morgan fingerprint density at radius 2 is 1.65 bits per heavy atom. The Morgan fingerprint density at radius 1 is 0.871 bits per heavy atom. The van der Waals surface area contributed by atoms with Crippen molar-refractivity contribution in [2.75, 3.05) is 4.90 Å². The molecule has 0 aliphatic carbocycles. The summed E-state index contributed by atoms with van der Waals surface area (Å²) in [5.74, 6) is 0.365. The largest absolute Gasteiger partial charge is 0.508 e. The van der Waals surface area contributed by atoms with Gasteiger partial charge in [-0.2, -0.15) is 0 Å². The fourth-order valence-electron chi connectivity index (χ4n) is 4.07. The number of phenolic OH excluding ortho intramolecular Hbond substituents is 2. The van der Waals surface area contributed by atoms with E-state index >= 15 is 0 Å². The van der Waals surface area contributed by atoms with E-state index in [2.05, 4.69) is 14.9 Å². The Kier molecular flexibility index (Phi) is 4.80. The van der Waals surface area contributed by atoms with Crippen LogP contribution in [0.1, 0.15) is 23.5 Å². The van der Waals surface area contributed by atoms with Crippen LogP contribution in [0, 0.1) is 0 Å². The molecule has 6 nitrogen and oxygen atoms in total. The number of rotatable bonds is 4. The van der Waals surface area contributed by atoms with Crippen molar-refractivity contribution >= 4 is 23.0 Å². The normalized spacial score (nSPS) is 18.2. The van der Waals surface area contributed by atoms with Gasteiger partial charge in [0, 0.05) is 23.8 Å².